The number of ketones is 1. The fourth-order valence-corrected chi connectivity index (χ4v) is 3.30. The topological polar surface area (TPSA) is 44.1 Å². The number of Topliss-reactive ketones (excluding diaryl/α,β-unsaturated/α-hetero) is 1. The lowest BCUT2D eigenvalue weighted by Crippen LogP contribution is -2.35. The highest BCUT2D eigenvalue weighted by molar-refractivity contribution is 5.85. The zero-order valence-electron chi connectivity index (χ0n) is 13.6. The third kappa shape index (κ3) is 4.16. The summed E-state index contributed by atoms with van der Waals surface area (Å²) < 4.78 is 7.64. The highest BCUT2D eigenvalue weighted by atomic mass is 16.5. The summed E-state index contributed by atoms with van der Waals surface area (Å²) in [5.41, 5.74) is 2.04. The van der Waals surface area contributed by atoms with Gasteiger partial charge >= 0.3 is 0 Å². The molecule has 4 nitrogen and oxygen atoms in total. The molecular formula is C17H28N2O2. The number of nitrogens with zero attached hydrogens (tertiary/aromatic N) is 2. The quantitative estimate of drug-likeness (QED) is 0.775. The van der Waals surface area contributed by atoms with E-state index >= 15 is 0 Å². The SMILES string of the molecule is CCOC(C(=O)Cc1cc(CC)nn1C)C1CCCCC1. The minimum Gasteiger partial charge on any atom is -0.370 e. The Bertz CT molecular complexity index is 461. The minimum atomic E-state index is -0.227. The number of hydrogen-bond acceptors (Lipinski definition) is 3. The van der Waals surface area contributed by atoms with Crippen molar-refractivity contribution in [2.75, 3.05) is 6.61 Å². The monoisotopic (exact) mass is 292 g/mol. The molecule has 1 aromatic rings. The number of ether oxygens (including phenoxy) is 1. The first-order chi connectivity index (χ1) is 10.2. The van der Waals surface area contributed by atoms with Gasteiger partial charge in [0.05, 0.1) is 12.1 Å². The second-order valence-corrected chi connectivity index (χ2v) is 6.02. The zero-order valence-corrected chi connectivity index (χ0v) is 13.6. The van der Waals surface area contributed by atoms with Crippen molar-refractivity contribution in [3.8, 4) is 0 Å². The Labute approximate surface area is 127 Å². The van der Waals surface area contributed by atoms with Crippen molar-refractivity contribution in [1.82, 2.24) is 9.78 Å². The van der Waals surface area contributed by atoms with Gasteiger partial charge in [-0.05, 0) is 38.2 Å². The number of carbonyl (C=O) groups excluding carboxylic acids is 1. The van der Waals surface area contributed by atoms with E-state index in [1.807, 2.05) is 24.7 Å². The Morgan fingerprint density at radius 2 is 2.10 bits per heavy atom. The van der Waals surface area contributed by atoms with Gasteiger partial charge in [-0.1, -0.05) is 26.2 Å². The van der Waals surface area contributed by atoms with E-state index in [0.29, 0.717) is 18.9 Å². The molecule has 0 amide bonds. The summed E-state index contributed by atoms with van der Waals surface area (Å²) in [7, 11) is 1.91. The molecule has 1 saturated carbocycles. The molecule has 1 heterocycles. The standard InChI is InChI=1S/C17H28N2O2/c1-4-14-11-15(19(3)18-14)12-16(20)17(21-5-2)13-9-7-6-8-10-13/h11,13,17H,4-10,12H2,1-3H3. The molecule has 0 saturated heterocycles. The highest BCUT2D eigenvalue weighted by Gasteiger charge is 2.30. The summed E-state index contributed by atoms with van der Waals surface area (Å²) >= 11 is 0. The summed E-state index contributed by atoms with van der Waals surface area (Å²) in [6.45, 7) is 4.67. The summed E-state index contributed by atoms with van der Waals surface area (Å²) in [4.78, 5) is 12.7. The van der Waals surface area contributed by atoms with Crippen LogP contribution in [-0.4, -0.2) is 28.3 Å². The van der Waals surface area contributed by atoms with E-state index in [0.717, 1.165) is 30.7 Å². The molecule has 0 aliphatic heterocycles. The van der Waals surface area contributed by atoms with E-state index in [-0.39, 0.29) is 11.9 Å². The second-order valence-electron chi connectivity index (χ2n) is 6.02. The molecule has 1 fully saturated rings. The van der Waals surface area contributed by atoms with Crippen LogP contribution in [0.4, 0.5) is 0 Å². The number of aryl methyl sites for hydroxylation is 2. The third-order valence-electron chi connectivity index (χ3n) is 4.49. The Morgan fingerprint density at radius 1 is 1.38 bits per heavy atom. The molecule has 21 heavy (non-hydrogen) atoms. The molecule has 0 bridgehead atoms. The molecule has 0 aromatic carbocycles. The van der Waals surface area contributed by atoms with Gasteiger partial charge in [0, 0.05) is 19.3 Å². The van der Waals surface area contributed by atoms with Gasteiger partial charge < -0.3 is 4.74 Å². The molecular weight excluding hydrogens is 264 g/mol. The maximum atomic E-state index is 12.7. The number of aromatic nitrogens is 2. The Balaban J connectivity index is 2.04. The smallest absolute Gasteiger partial charge is 0.167 e. The van der Waals surface area contributed by atoms with E-state index in [1.54, 1.807) is 0 Å². The van der Waals surface area contributed by atoms with Crippen molar-refractivity contribution in [2.45, 2.75) is 64.9 Å². The van der Waals surface area contributed by atoms with Gasteiger partial charge in [-0.3, -0.25) is 9.48 Å². The lowest BCUT2D eigenvalue weighted by molar-refractivity contribution is -0.134. The lowest BCUT2D eigenvalue weighted by Gasteiger charge is -2.29. The zero-order chi connectivity index (χ0) is 15.2. The molecule has 1 aliphatic carbocycles. The van der Waals surface area contributed by atoms with Crippen LogP contribution in [0.3, 0.4) is 0 Å². The van der Waals surface area contributed by atoms with Gasteiger partial charge in [0.25, 0.3) is 0 Å². The van der Waals surface area contributed by atoms with E-state index in [1.165, 1.54) is 19.3 Å². The molecule has 0 N–H and O–H groups in total. The lowest BCUT2D eigenvalue weighted by atomic mass is 9.83. The molecule has 1 unspecified atom stereocenters. The number of hydrogen-bond donors (Lipinski definition) is 0. The Hall–Kier alpha value is -1.16. The van der Waals surface area contributed by atoms with Crippen LogP contribution in [0.5, 0.6) is 0 Å². The molecule has 4 heteroatoms. The van der Waals surface area contributed by atoms with Crippen molar-refractivity contribution in [3.05, 3.63) is 17.5 Å². The predicted molar refractivity (Wildman–Crippen MR) is 83.3 cm³/mol. The van der Waals surface area contributed by atoms with Crippen LogP contribution in [-0.2, 0) is 29.4 Å². The van der Waals surface area contributed by atoms with Crippen LogP contribution in [0, 0.1) is 5.92 Å². The number of carbonyl (C=O) groups is 1. The van der Waals surface area contributed by atoms with Gasteiger partial charge in [-0.2, -0.15) is 5.10 Å². The van der Waals surface area contributed by atoms with Gasteiger partial charge in [-0.15, -0.1) is 0 Å². The molecule has 1 aromatic heterocycles. The molecule has 2 rings (SSSR count). The largest absolute Gasteiger partial charge is 0.370 e. The maximum absolute atomic E-state index is 12.7. The van der Waals surface area contributed by atoms with Crippen molar-refractivity contribution in [2.24, 2.45) is 13.0 Å². The molecule has 1 atom stereocenters. The summed E-state index contributed by atoms with van der Waals surface area (Å²) in [5.74, 6) is 0.625. The molecule has 1 aliphatic rings. The second kappa shape index (κ2) is 7.74. The van der Waals surface area contributed by atoms with E-state index < -0.39 is 0 Å². The van der Waals surface area contributed by atoms with Crippen molar-refractivity contribution < 1.29 is 9.53 Å². The maximum Gasteiger partial charge on any atom is 0.167 e. The minimum absolute atomic E-state index is 0.217. The first kappa shape index (κ1) is 16.2. The van der Waals surface area contributed by atoms with E-state index in [9.17, 15) is 4.79 Å². The van der Waals surface area contributed by atoms with Crippen molar-refractivity contribution in [3.63, 3.8) is 0 Å². The van der Waals surface area contributed by atoms with Gasteiger partial charge in [-0.25, -0.2) is 0 Å². The first-order valence-electron chi connectivity index (χ1n) is 8.31. The van der Waals surface area contributed by atoms with Crippen LogP contribution in [0.15, 0.2) is 6.07 Å². The van der Waals surface area contributed by atoms with Gasteiger partial charge in [0.15, 0.2) is 5.78 Å². The summed E-state index contributed by atoms with van der Waals surface area (Å²) in [5, 5.41) is 4.42. The normalized spacial score (nSPS) is 17.9. The molecule has 0 radical (unpaired) electrons. The summed E-state index contributed by atoms with van der Waals surface area (Å²) in [6.07, 6.45) is 7.12. The van der Waals surface area contributed by atoms with Gasteiger partial charge in [0.1, 0.15) is 6.10 Å². The molecule has 0 spiro atoms. The van der Waals surface area contributed by atoms with Crippen LogP contribution < -0.4 is 0 Å². The average Bonchev–Trinajstić information content (AvgIpc) is 2.86. The van der Waals surface area contributed by atoms with Crippen molar-refractivity contribution in [1.29, 1.82) is 0 Å². The fraction of sp³-hybridized carbons (Fsp3) is 0.765. The molecule has 118 valence electrons. The first-order valence-corrected chi connectivity index (χ1v) is 8.31. The van der Waals surface area contributed by atoms with Crippen LogP contribution >= 0.6 is 0 Å². The van der Waals surface area contributed by atoms with E-state index in [2.05, 4.69) is 12.0 Å². The number of rotatable bonds is 7. The highest BCUT2D eigenvalue weighted by Crippen LogP contribution is 2.29. The Kier molecular flexibility index (Phi) is 5.97. The Morgan fingerprint density at radius 3 is 2.67 bits per heavy atom. The van der Waals surface area contributed by atoms with Gasteiger partial charge in [0.2, 0.25) is 0 Å². The van der Waals surface area contributed by atoms with Crippen LogP contribution in [0.1, 0.15) is 57.3 Å². The predicted octanol–water partition coefficient (Wildman–Crippen LogP) is 3.08. The fourth-order valence-electron chi connectivity index (χ4n) is 3.30. The van der Waals surface area contributed by atoms with Crippen LogP contribution in [0.2, 0.25) is 0 Å². The van der Waals surface area contributed by atoms with E-state index in [4.69, 9.17) is 4.74 Å². The van der Waals surface area contributed by atoms with Crippen LogP contribution in [0.25, 0.3) is 0 Å². The average molecular weight is 292 g/mol. The van der Waals surface area contributed by atoms with Crippen molar-refractivity contribution >= 4 is 5.78 Å². The third-order valence-corrected chi connectivity index (χ3v) is 4.49. The summed E-state index contributed by atoms with van der Waals surface area (Å²) in [6, 6.07) is 2.04.